The molecule has 26 heavy (non-hydrogen) atoms. The summed E-state index contributed by atoms with van der Waals surface area (Å²) < 4.78 is 40.6. The van der Waals surface area contributed by atoms with Gasteiger partial charge in [0.05, 0.1) is 6.10 Å². The quantitative estimate of drug-likeness (QED) is 0.359. The molecule has 0 unspecified atom stereocenters. The molecule has 0 spiro atoms. The van der Waals surface area contributed by atoms with Crippen molar-refractivity contribution in [3.8, 4) is 0 Å². The molecule has 8 heteroatoms. The average Bonchev–Trinajstić information content (AvgIpc) is 2.67. The zero-order chi connectivity index (χ0) is 20.1. The van der Waals surface area contributed by atoms with Gasteiger partial charge < -0.3 is 9.53 Å². The number of Topliss-reactive ketones (excluding diaryl/α,β-unsaturated/α-hetero) is 1. The second-order valence-corrected chi connectivity index (χ2v) is 4.02. The molecule has 137 valence electrons. The Kier molecular flexibility index (Phi) is 30.9. The van der Waals surface area contributed by atoms with Gasteiger partial charge in [0, 0.05) is 19.3 Å². The van der Waals surface area contributed by atoms with Crippen molar-refractivity contribution in [3.63, 3.8) is 0 Å². The van der Waals surface area contributed by atoms with Crippen molar-refractivity contribution in [2.75, 3.05) is 0 Å². The van der Waals surface area contributed by atoms with Crippen molar-refractivity contribution in [3.05, 3.63) is 75.1 Å². The molecule has 0 fully saturated rings. The topological polar surface area (TPSA) is 103 Å². The van der Waals surface area contributed by atoms with Crippen LogP contribution in [0.15, 0.2) is 30.3 Å². The van der Waals surface area contributed by atoms with E-state index in [0.717, 1.165) is 12.0 Å². The van der Waals surface area contributed by atoms with E-state index in [2.05, 4.69) is 24.7 Å². The van der Waals surface area contributed by atoms with Crippen LogP contribution in [0.25, 0.3) is 0 Å². The first-order valence-electron chi connectivity index (χ1n) is 6.51. The molecular weight excluding hydrogens is 387 g/mol. The maximum absolute atomic E-state index is 13.6. The third kappa shape index (κ3) is 18.4. The predicted molar refractivity (Wildman–Crippen MR) is 81.0 cm³/mol. The van der Waals surface area contributed by atoms with Crippen molar-refractivity contribution in [1.29, 1.82) is 0 Å². The second-order valence-electron chi connectivity index (χ2n) is 4.02. The van der Waals surface area contributed by atoms with Gasteiger partial charge in [-0.15, -0.1) is 0 Å². The number of rotatable bonds is 9. The maximum atomic E-state index is 13.6. The third-order valence-electron chi connectivity index (χ3n) is 2.44. The van der Waals surface area contributed by atoms with Gasteiger partial charge in [-0.2, -0.15) is 0 Å². The van der Waals surface area contributed by atoms with Gasteiger partial charge in [-0.1, -0.05) is 36.8 Å². The van der Waals surface area contributed by atoms with E-state index in [-0.39, 0.29) is 23.5 Å². The Labute approximate surface area is 163 Å². The van der Waals surface area contributed by atoms with Gasteiger partial charge in [-0.25, -0.2) is 4.39 Å². The Morgan fingerprint density at radius 2 is 1.69 bits per heavy atom. The van der Waals surface area contributed by atoms with E-state index in [1.165, 1.54) is 19.3 Å². The van der Waals surface area contributed by atoms with E-state index >= 15 is 0 Å². The fraction of sp³-hybridized carbons (Fsp3) is 0.222. The fourth-order valence-corrected chi connectivity index (χ4v) is 1.45. The van der Waals surface area contributed by atoms with Crippen LogP contribution in [0.5, 0.6) is 0 Å². The summed E-state index contributed by atoms with van der Waals surface area (Å²) in [5.74, 6) is -0.609. The summed E-state index contributed by atoms with van der Waals surface area (Å²) in [7, 11) is 0. The molecule has 1 aromatic rings. The third-order valence-corrected chi connectivity index (χ3v) is 2.44. The van der Waals surface area contributed by atoms with E-state index in [1.54, 1.807) is 31.2 Å². The Morgan fingerprint density at radius 1 is 1.19 bits per heavy atom. The van der Waals surface area contributed by atoms with Crippen molar-refractivity contribution in [1.82, 2.24) is 0 Å². The van der Waals surface area contributed by atoms with Crippen molar-refractivity contribution in [2.24, 2.45) is 0 Å². The number of ketones is 1. The molecule has 0 saturated heterocycles. The molecule has 0 bridgehead atoms. The van der Waals surface area contributed by atoms with Crippen LogP contribution in [0, 0.1) is 39.2 Å². The molecule has 0 aliphatic rings. The monoisotopic (exact) mass is 402 g/mol. The van der Waals surface area contributed by atoms with E-state index in [0.29, 0.717) is 0 Å². The number of hydrogen-bond donors (Lipinski definition) is 0. The van der Waals surface area contributed by atoms with Gasteiger partial charge in [-0.3, -0.25) is 4.79 Å². The van der Waals surface area contributed by atoms with Crippen LogP contribution in [-0.4, -0.2) is 24.5 Å². The molecule has 0 saturated carbocycles. The van der Waals surface area contributed by atoms with Gasteiger partial charge >= 0.3 is 51.0 Å². The maximum Gasteiger partial charge on any atom is 2.00 e. The summed E-state index contributed by atoms with van der Waals surface area (Å²) >= 11 is 0. The first kappa shape index (κ1) is 31.8. The zero-order valence-electron chi connectivity index (χ0n) is 13.7. The van der Waals surface area contributed by atoms with Crippen molar-refractivity contribution < 1.29 is 49.7 Å². The Bertz CT molecular complexity index is 501. The van der Waals surface area contributed by atoms with Crippen LogP contribution < -0.4 is 0 Å². The minimum absolute atomic E-state index is 0. The van der Waals surface area contributed by atoms with Gasteiger partial charge in [-0.05, 0) is 18.9 Å². The average molecular weight is 402 g/mol. The molecule has 1 aromatic carbocycles. The molecule has 6 nitrogen and oxygen atoms in total. The van der Waals surface area contributed by atoms with E-state index < -0.39 is 18.1 Å². The summed E-state index contributed by atoms with van der Waals surface area (Å²) in [6, 6.07) is 8.96. The standard InChI is InChI=1S/C15H15FO3.3CO.Fe/c1-12(19-11-17)6-5-9-15(18)14(16)10-13-7-3-2-4-8-13;3*1-2;/h2-9,12,14H,10H2,1H3;;;;/q-1;;;;+2/t12-,14-;;;;/m1..../s1. The minimum Gasteiger partial charge on any atom is 2.00 e. The molecule has 2 atom stereocenters. The fourth-order valence-electron chi connectivity index (χ4n) is 1.45. The normalized spacial score (nSPS) is 10.2. The molecule has 3 radical (unpaired) electrons. The van der Waals surface area contributed by atoms with Crippen molar-refractivity contribution >= 4 is 12.3 Å². The molecule has 0 amide bonds. The Morgan fingerprint density at radius 3 is 2.15 bits per heavy atom. The van der Waals surface area contributed by atoms with Crippen molar-refractivity contribution in [2.45, 2.75) is 25.6 Å². The van der Waals surface area contributed by atoms with Gasteiger partial charge in [0.2, 0.25) is 0 Å². The molecule has 1 rings (SSSR count). The number of alkyl halides is 1. The number of carbonyl (C=O) groups excluding carboxylic acids is 2. The Hall–Kier alpha value is -1.97. The first-order chi connectivity index (χ1) is 12.1. The van der Waals surface area contributed by atoms with Crippen LogP contribution in [0.2, 0.25) is 0 Å². The molecule has 0 heterocycles. The van der Waals surface area contributed by atoms with E-state index in [4.69, 9.17) is 14.0 Å². The number of hydrogen-bond acceptors (Lipinski definition) is 3. The number of ether oxygens (including phenoxy) is 1. The van der Waals surface area contributed by atoms with Crippen LogP contribution in [-0.2, 0) is 51.8 Å². The van der Waals surface area contributed by atoms with E-state index in [1.807, 2.05) is 6.07 Å². The van der Waals surface area contributed by atoms with Crippen LogP contribution in [0.3, 0.4) is 0 Å². The van der Waals surface area contributed by atoms with E-state index in [9.17, 15) is 14.0 Å². The molecule has 0 aromatic heterocycles. The zero-order valence-corrected chi connectivity index (χ0v) is 14.8. The number of carbonyl (C=O) groups is 1. The smallest absolute Gasteiger partial charge is 2.00 e. The molecule has 0 N–H and O–H groups in total. The summed E-state index contributed by atoms with van der Waals surface area (Å²) in [5.41, 5.74) is 0.771. The second kappa shape index (κ2) is 25.3. The van der Waals surface area contributed by atoms with Crippen LogP contribution in [0.1, 0.15) is 12.5 Å². The van der Waals surface area contributed by atoms with Gasteiger partial charge in [0.15, 0.2) is 12.0 Å². The number of halogens is 1. The largest absolute Gasteiger partial charge is 2.00 e. The molecule has 0 aliphatic heterocycles. The first-order valence-corrected chi connectivity index (χ1v) is 6.51. The molecule has 0 aliphatic carbocycles. The van der Waals surface area contributed by atoms with Gasteiger partial charge in [0.1, 0.15) is 0 Å². The van der Waals surface area contributed by atoms with Crippen LogP contribution in [0.4, 0.5) is 4.39 Å². The van der Waals surface area contributed by atoms with Crippen LogP contribution >= 0.6 is 0 Å². The summed E-state index contributed by atoms with van der Waals surface area (Å²) in [4.78, 5) is 21.4. The summed E-state index contributed by atoms with van der Waals surface area (Å²) in [6.45, 7) is 16.4. The van der Waals surface area contributed by atoms with Gasteiger partial charge in [0.25, 0.3) is 0 Å². The SMILES string of the molecule is C[C@H]([CH][CH][CH]C(=O)[C@H](F)Cc1ccccc1)O[C-]=O.[C-]#[O+].[C-]#[O+].[C-]#[O+].[Fe+2]. The number of benzene rings is 1. The summed E-state index contributed by atoms with van der Waals surface area (Å²) in [6.07, 6.45) is 1.98. The Balaban J connectivity index is -0.000000312. The molecular formula is C18H15FFeO6+. The predicted octanol–water partition coefficient (Wildman–Crippen LogP) is 2.11. The minimum atomic E-state index is -1.57. The summed E-state index contributed by atoms with van der Waals surface area (Å²) in [5, 5.41) is 0.